The molecule has 0 atom stereocenters. The number of carbonyl (C=O) groups is 1. The van der Waals surface area contributed by atoms with E-state index in [0.29, 0.717) is 5.69 Å². The summed E-state index contributed by atoms with van der Waals surface area (Å²) in [5.74, 6) is -0.0988. The Morgan fingerprint density at radius 3 is 2.81 bits per heavy atom. The third-order valence-corrected chi connectivity index (χ3v) is 4.91. The van der Waals surface area contributed by atoms with Crippen molar-refractivity contribution in [3.63, 3.8) is 0 Å². The first-order valence-electron chi connectivity index (χ1n) is 8.49. The van der Waals surface area contributed by atoms with Gasteiger partial charge in [-0.15, -0.1) is 0 Å². The van der Waals surface area contributed by atoms with E-state index in [9.17, 15) is 4.79 Å². The van der Waals surface area contributed by atoms with E-state index in [2.05, 4.69) is 15.3 Å². The van der Waals surface area contributed by atoms with E-state index in [1.165, 1.54) is 11.8 Å². The zero-order valence-electron chi connectivity index (χ0n) is 14.7. The molecular weight excluding hydrogens is 358 g/mol. The number of pyridine rings is 2. The van der Waals surface area contributed by atoms with E-state index in [4.69, 9.17) is 4.42 Å². The molecule has 134 valence electrons. The molecule has 1 N–H and O–H groups in total. The van der Waals surface area contributed by atoms with Gasteiger partial charge in [0.1, 0.15) is 15.6 Å². The normalized spacial score (nSPS) is 10.9. The summed E-state index contributed by atoms with van der Waals surface area (Å²) < 4.78 is 5.57. The number of hydrogen-bond donors (Lipinski definition) is 1. The quantitative estimate of drug-likeness (QED) is 0.539. The minimum Gasteiger partial charge on any atom is -0.464 e. The second-order valence-electron chi connectivity index (χ2n) is 6.14. The molecule has 0 fully saturated rings. The summed E-state index contributed by atoms with van der Waals surface area (Å²) >= 11 is 1.45. The molecule has 1 amide bonds. The number of benzene rings is 1. The zero-order valence-corrected chi connectivity index (χ0v) is 15.5. The highest BCUT2D eigenvalue weighted by atomic mass is 32.2. The summed E-state index contributed by atoms with van der Waals surface area (Å²) in [5.41, 5.74) is 3.51. The third kappa shape index (κ3) is 4.17. The maximum absolute atomic E-state index is 12.5. The van der Waals surface area contributed by atoms with Crippen LogP contribution in [0.2, 0.25) is 0 Å². The van der Waals surface area contributed by atoms with Crippen LogP contribution in [0.5, 0.6) is 0 Å². The van der Waals surface area contributed by atoms with Gasteiger partial charge in [0.15, 0.2) is 0 Å². The Morgan fingerprint density at radius 1 is 1.07 bits per heavy atom. The van der Waals surface area contributed by atoms with Crippen molar-refractivity contribution in [1.29, 1.82) is 0 Å². The maximum atomic E-state index is 12.5. The molecule has 0 unspecified atom stereocenters. The van der Waals surface area contributed by atoms with Gasteiger partial charge < -0.3 is 9.73 Å². The van der Waals surface area contributed by atoms with Gasteiger partial charge in [-0.3, -0.25) is 4.79 Å². The molecule has 1 aromatic carbocycles. The molecule has 5 nitrogen and oxygen atoms in total. The summed E-state index contributed by atoms with van der Waals surface area (Å²) in [6, 6.07) is 15.3. The third-order valence-electron chi connectivity index (χ3n) is 4.03. The van der Waals surface area contributed by atoms with Crippen molar-refractivity contribution >= 4 is 34.3 Å². The topological polar surface area (TPSA) is 68.0 Å². The van der Waals surface area contributed by atoms with Crippen molar-refractivity contribution in [1.82, 2.24) is 9.97 Å². The highest BCUT2D eigenvalue weighted by molar-refractivity contribution is 7.99. The lowest BCUT2D eigenvalue weighted by molar-refractivity contribution is -0.115. The Bertz CT molecular complexity index is 1090. The first-order valence-corrected chi connectivity index (χ1v) is 9.30. The number of hydrogen-bond acceptors (Lipinski definition) is 5. The summed E-state index contributed by atoms with van der Waals surface area (Å²) in [7, 11) is 0. The van der Waals surface area contributed by atoms with E-state index in [1.807, 2.05) is 49.4 Å². The molecule has 0 saturated carbocycles. The lowest BCUT2D eigenvalue weighted by Crippen LogP contribution is -2.14. The molecule has 3 heterocycles. The van der Waals surface area contributed by atoms with Crippen LogP contribution in [-0.4, -0.2) is 15.9 Å². The predicted molar refractivity (Wildman–Crippen MR) is 106 cm³/mol. The van der Waals surface area contributed by atoms with Crippen LogP contribution in [0.15, 0.2) is 81.7 Å². The van der Waals surface area contributed by atoms with Crippen LogP contribution in [-0.2, 0) is 11.2 Å². The number of rotatable bonds is 5. The van der Waals surface area contributed by atoms with Gasteiger partial charge in [-0.2, -0.15) is 0 Å². The van der Waals surface area contributed by atoms with Crippen molar-refractivity contribution < 1.29 is 9.21 Å². The number of aryl methyl sites for hydroxylation is 1. The molecule has 0 spiro atoms. The van der Waals surface area contributed by atoms with Gasteiger partial charge in [-0.25, -0.2) is 9.97 Å². The standard InChI is InChI=1S/C21H17N3O2S/c1-14-5-6-17-15(13-26-18(17)10-14)11-19(25)24-16-7-9-23-21(12-16)27-20-4-2-3-8-22-20/h2-10,12-13H,11H2,1H3,(H,23,24,25). The van der Waals surface area contributed by atoms with Gasteiger partial charge in [0.25, 0.3) is 0 Å². The number of anilines is 1. The molecule has 0 aliphatic rings. The number of aromatic nitrogens is 2. The minimum atomic E-state index is -0.0988. The minimum absolute atomic E-state index is 0.0988. The number of nitrogens with one attached hydrogen (secondary N) is 1. The van der Waals surface area contributed by atoms with Crippen molar-refractivity contribution in [3.05, 3.63) is 78.3 Å². The fourth-order valence-corrected chi connectivity index (χ4v) is 3.54. The first kappa shape index (κ1) is 17.3. The Labute approximate surface area is 160 Å². The molecule has 3 aromatic heterocycles. The Hall–Kier alpha value is -3.12. The van der Waals surface area contributed by atoms with Crippen LogP contribution in [0.25, 0.3) is 11.0 Å². The fourth-order valence-electron chi connectivity index (χ4n) is 2.76. The van der Waals surface area contributed by atoms with Crippen molar-refractivity contribution in [2.24, 2.45) is 0 Å². The SMILES string of the molecule is Cc1ccc2c(CC(=O)Nc3ccnc(Sc4ccccn4)c3)coc2c1. The van der Waals surface area contributed by atoms with Crippen LogP contribution in [0, 0.1) is 6.92 Å². The Balaban J connectivity index is 1.45. The maximum Gasteiger partial charge on any atom is 0.228 e. The summed E-state index contributed by atoms with van der Waals surface area (Å²) in [4.78, 5) is 21.1. The van der Waals surface area contributed by atoms with Crippen LogP contribution in [0.4, 0.5) is 5.69 Å². The summed E-state index contributed by atoms with van der Waals surface area (Å²) in [6.45, 7) is 2.01. The average molecular weight is 375 g/mol. The number of carbonyl (C=O) groups excluding carboxylic acids is 1. The highest BCUT2D eigenvalue weighted by Gasteiger charge is 2.11. The van der Waals surface area contributed by atoms with E-state index in [-0.39, 0.29) is 12.3 Å². The molecular formula is C21H17N3O2S. The first-order chi connectivity index (χ1) is 13.2. The molecule has 0 saturated heterocycles. The van der Waals surface area contributed by atoms with Gasteiger partial charge in [0.05, 0.1) is 12.7 Å². The van der Waals surface area contributed by atoms with Crippen molar-refractivity contribution in [2.75, 3.05) is 5.32 Å². The van der Waals surface area contributed by atoms with Gasteiger partial charge in [0.2, 0.25) is 5.91 Å². The predicted octanol–water partition coefficient (Wildman–Crippen LogP) is 4.86. The molecule has 0 aliphatic heterocycles. The molecule has 4 rings (SSSR count). The van der Waals surface area contributed by atoms with E-state index < -0.39 is 0 Å². The average Bonchev–Trinajstić information content (AvgIpc) is 3.04. The zero-order chi connectivity index (χ0) is 18.6. The summed E-state index contributed by atoms with van der Waals surface area (Å²) in [5, 5.41) is 5.53. The van der Waals surface area contributed by atoms with E-state index in [1.54, 1.807) is 24.7 Å². The van der Waals surface area contributed by atoms with Gasteiger partial charge >= 0.3 is 0 Å². The van der Waals surface area contributed by atoms with Crippen LogP contribution in [0.3, 0.4) is 0 Å². The number of furan rings is 1. The molecule has 27 heavy (non-hydrogen) atoms. The number of nitrogens with zero attached hydrogens (tertiary/aromatic N) is 2. The molecule has 0 aliphatic carbocycles. The fraction of sp³-hybridized carbons (Fsp3) is 0.0952. The largest absolute Gasteiger partial charge is 0.464 e. The Kier molecular flexibility index (Phi) is 4.89. The smallest absolute Gasteiger partial charge is 0.228 e. The summed E-state index contributed by atoms with van der Waals surface area (Å²) in [6.07, 6.45) is 5.32. The molecule has 0 bridgehead atoms. The second-order valence-corrected chi connectivity index (χ2v) is 7.18. The van der Waals surface area contributed by atoms with Crippen LogP contribution in [0.1, 0.15) is 11.1 Å². The van der Waals surface area contributed by atoms with Crippen LogP contribution >= 0.6 is 11.8 Å². The van der Waals surface area contributed by atoms with Crippen LogP contribution < -0.4 is 5.32 Å². The lowest BCUT2D eigenvalue weighted by atomic mass is 10.1. The molecule has 0 radical (unpaired) electrons. The Morgan fingerprint density at radius 2 is 1.96 bits per heavy atom. The van der Waals surface area contributed by atoms with E-state index in [0.717, 1.165) is 32.1 Å². The van der Waals surface area contributed by atoms with Crippen molar-refractivity contribution in [3.8, 4) is 0 Å². The molecule has 4 aromatic rings. The van der Waals surface area contributed by atoms with E-state index >= 15 is 0 Å². The highest BCUT2D eigenvalue weighted by Crippen LogP contribution is 2.26. The monoisotopic (exact) mass is 375 g/mol. The lowest BCUT2D eigenvalue weighted by Gasteiger charge is -2.06. The van der Waals surface area contributed by atoms with Gasteiger partial charge in [-0.1, -0.05) is 30.0 Å². The van der Waals surface area contributed by atoms with Gasteiger partial charge in [-0.05, 0) is 42.8 Å². The molecule has 6 heteroatoms. The second kappa shape index (κ2) is 7.63. The van der Waals surface area contributed by atoms with Gasteiger partial charge in [0, 0.05) is 29.0 Å². The number of amides is 1. The number of fused-ring (bicyclic) bond motifs is 1. The van der Waals surface area contributed by atoms with Crippen molar-refractivity contribution in [2.45, 2.75) is 23.4 Å².